The van der Waals surface area contributed by atoms with Crippen molar-refractivity contribution in [3.05, 3.63) is 59.9 Å². The van der Waals surface area contributed by atoms with Gasteiger partial charge < -0.3 is 15.4 Å². The molecular formula is C18H22N4OS. The Balaban J connectivity index is 1.50. The summed E-state index contributed by atoms with van der Waals surface area (Å²) in [5, 5.41) is 0. The zero-order valence-corrected chi connectivity index (χ0v) is 14.4. The van der Waals surface area contributed by atoms with Gasteiger partial charge in [-0.2, -0.15) is 11.8 Å². The molecule has 1 aliphatic rings. The van der Waals surface area contributed by atoms with Gasteiger partial charge in [-0.15, -0.1) is 0 Å². The van der Waals surface area contributed by atoms with Crippen molar-refractivity contribution in [3.63, 3.8) is 0 Å². The number of aromatic nitrogens is 1. The minimum absolute atomic E-state index is 0.470. The molecule has 0 radical (unpaired) electrons. The number of thioether (sulfide) groups is 1. The molecule has 0 atom stereocenters. The summed E-state index contributed by atoms with van der Waals surface area (Å²) in [6.07, 6.45) is 1.77. The van der Waals surface area contributed by atoms with Gasteiger partial charge >= 0.3 is 0 Å². The second-order valence-electron chi connectivity index (χ2n) is 5.53. The monoisotopic (exact) mass is 342 g/mol. The average Bonchev–Trinajstić information content (AvgIpc) is 2.67. The molecule has 24 heavy (non-hydrogen) atoms. The molecule has 0 aliphatic carbocycles. The van der Waals surface area contributed by atoms with Gasteiger partial charge in [-0.1, -0.05) is 18.2 Å². The van der Waals surface area contributed by atoms with Crippen molar-refractivity contribution >= 4 is 17.7 Å². The molecule has 6 heteroatoms. The van der Waals surface area contributed by atoms with Gasteiger partial charge in [0.2, 0.25) is 0 Å². The zero-order valence-electron chi connectivity index (χ0n) is 13.6. The van der Waals surface area contributed by atoms with Gasteiger partial charge in [0, 0.05) is 30.8 Å². The third-order valence-corrected chi connectivity index (χ3v) is 4.74. The highest BCUT2D eigenvalue weighted by Gasteiger charge is 2.11. The van der Waals surface area contributed by atoms with E-state index in [4.69, 9.17) is 10.5 Å². The molecule has 2 heterocycles. The Morgan fingerprint density at radius 2 is 1.96 bits per heavy atom. The van der Waals surface area contributed by atoms with Crippen molar-refractivity contribution in [1.29, 1.82) is 0 Å². The maximum absolute atomic E-state index is 6.07. The molecule has 126 valence electrons. The van der Waals surface area contributed by atoms with Crippen LogP contribution in [0.1, 0.15) is 11.3 Å². The highest BCUT2D eigenvalue weighted by atomic mass is 32.2. The summed E-state index contributed by atoms with van der Waals surface area (Å²) in [7, 11) is 0. The number of pyridine rings is 1. The quantitative estimate of drug-likeness (QED) is 0.668. The van der Waals surface area contributed by atoms with Crippen molar-refractivity contribution in [3.8, 4) is 5.75 Å². The number of guanidine groups is 1. The molecule has 1 saturated heterocycles. The molecule has 1 aliphatic heterocycles. The van der Waals surface area contributed by atoms with Crippen LogP contribution in [0.4, 0.5) is 0 Å². The van der Waals surface area contributed by atoms with Gasteiger partial charge in [0.05, 0.1) is 12.2 Å². The third-order valence-electron chi connectivity index (χ3n) is 3.79. The van der Waals surface area contributed by atoms with E-state index in [9.17, 15) is 0 Å². The first-order valence-corrected chi connectivity index (χ1v) is 9.21. The Kier molecular flexibility index (Phi) is 5.96. The standard InChI is InChI=1S/C18H22N4OS/c19-18(22-9-11-24-12-10-22)21-13-15-4-6-17(7-5-15)23-14-16-3-1-2-8-20-16/h1-8H,9-14H2,(H2,19,21). The Morgan fingerprint density at radius 1 is 1.17 bits per heavy atom. The molecular weight excluding hydrogens is 320 g/mol. The van der Waals surface area contributed by atoms with Gasteiger partial charge in [0.15, 0.2) is 5.96 Å². The lowest BCUT2D eigenvalue weighted by Gasteiger charge is -2.27. The van der Waals surface area contributed by atoms with Crippen LogP contribution >= 0.6 is 11.8 Å². The number of hydrogen-bond donors (Lipinski definition) is 1. The predicted molar refractivity (Wildman–Crippen MR) is 99.2 cm³/mol. The van der Waals surface area contributed by atoms with Crippen LogP contribution in [0.25, 0.3) is 0 Å². The lowest BCUT2D eigenvalue weighted by atomic mass is 10.2. The summed E-state index contributed by atoms with van der Waals surface area (Å²) in [5.41, 5.74) is 8.11. The third kappa shape index (κ3) is 4.89. The molecule has 2 aromatic rings. The summed E-state index contributed by atoms with van der Waals surface area (Å²) in [6, 6.07) is 13.8. The van der Waals surface area contributed by atoms with E-state index in [1.165, 1.54) is 0 Å². The van der Waals surface area contributed by atoms with E-state index in [-0.39, 0.29) is 0 Å². The first kappa shape index (κ1) is 16.6. The molecule has 0 amide bonds. The molecule has 0 spiro atoms. The van der Waals surface area contributed by atoms with E-state index in [0.717, 1.165) is 41.6 Å². The summed E-state index contributed by atoms with van der Waals surface area (Å²) in [5.74, 6) is 3.72. The van der Waals surface area contributed by atoms with Crippen LogP contribution in [0.5, 0.6) is 5.75 Å². The maximum Gasteiger partial charge on any atom is 0.191 e. The molecule has 1 fully saturated rings. The number of nitrogens with two attached hydrogens (primary N) is 1. The zero-order chi connectivity index (χ0) is 16.6. The molecule has 2 N–H and O–H groups in total. The normalized spacial score (nSPS) is 15.3. The van der Waals surface area contributed by atoms with E-state index < -0.39 is 0 Å². The lowest BCUT2D eigenvalue weighted by Crippen LogP contribution is -2.42. The Morgan fingerprint density at radius 3 is 2.67 bits per heavy atom. The first-order valence-electron chi connectivity index (χ1n) is 8.05. The van der Waals surface area contributed by atoms with E-state index in [0.29, 0.717) is 19.1 Å². The summed E-state index contributed by atoms with van der Waals surface area (Å²) < 4.78 is 5.73. The molecule has 1 aromatic carbocycles. The van der Waals surface area contributed by atoms with Crippen LogP contribution < -0.4 is 10.5 Å². The van der Waals surface area contributed by atoms with Crippen molar-refractivity contribution in [2.24, 2.45) is 10.7 Å². The number of aliphatic imine (C=N–C) groups is 1. The van der Waals surface area contributed by atoms with Crippen molar-refractivity contribution in [1.82, 2.24) is 9.88 Å². The number of rotatable bonds is 5. The fourth-order valence-corrected chi connectivity index (χ4v) is 3.30. The number of hydrogen-bond acceptors (Lipinski definition) is 4. The van der Waals surface area contributed by atoms with Gasteiger partial charge in [-0.05, 0) is 29.8 Å². The van der Waals surface area contributed by atoms with Gasteiger partial charge in [-0.25, -0.2) is 4.99 Å². The molecule has 3 rings (SSSR count). The Hall–Kier alpha value is -2.21. The predicted octanol–water partition coefficient (Wildman–Crippen LogP) is 2.52. The van der Waals surface area contributed by atoms with Gasteiger partial charge in [0.25, 0.3) is 0 Å². The van der Waals surface area contributed by atoms with Crippen LogP contribution in [0.2, 0.25) is 0 Å². The van der Waals surface area contributed by atoms with E-state index in [1.54, 1.807) is 6.20 Å². The fourth-order valence-electron chi connectivity index (χ4n) is 2.40. The van der Waals surface area contributed by atoms with Crippen molar-refractivity contribution in [2.45, 2.75) is 13.2 Å². The molecule has 0 saturated carbocycles. The Bertz CT molecular complexity index is 654. The highest BCUT2D eigenvalue weighted by molar-refractivity contribution is 7.99. The number of benzene rings is 1. The number of ether oxygens (including phenoxy) is 1. The van der Waals surface area contributed by atoms with Crippen LogP contribution in [0.15, 0.2) is 53.7 Å². The first-order chi connectivity index (χ1) is 11.8. The summed E-state index contributed by atoms with van der Waals surface area (Å²) >= 11 is 1.96. The second-order valence-corrected chi connectivity index (χ2v) is 6.75. The summed E-state index contributed by atoms with van der Waals surface area (Å²) in [4.78, 5) is 10.9. The summed E-state index contributed by atoms with van der Waals surface area (Å²) in [6.45, 7) is 3.04. The van der Waals surface area contributed by atoms with E-state index >= 15 is 0 Å². The molecule has 5 nitrogen and oxygen atoms in total. The van der Waals surface area contributed by atoms with Crippen LogP contribution in [-0.2, 0) is 13.2 Å². The average molecular weight is 342 g/mol. The molecule has 1 aromatic heterocycles. The fraction of sp³-hybridized carbons (Fsp3) is 0.333. The van der Waals surface area contributed by atoms with E-state index in [1.807, 2.05) is 54.2 Å². The van der Waals surface area contributed by atoms with Crippen LogP contribution in [0, 0.1) is 0 Å². The van der Waals surface area contributed by atoms with Crippen LogP contribution in [0.3, 0.4) is 0 Å². The largest absolute Gasteiger partial charge is 0.487 e. The molecule has 0 bridgehead atoms. The minimum atomic E-state index is 0.470. The number of nitrogens with zero attached hydrogens (tertiary/aromatic N) is 3. The van der Waals surface area contributed by atoms with Gasteiger partial charge in [-0.3, -0.25) is 4.98 Å². The highest BCUT2D eigenvalue weighted by Crippen LogP contribution is 2.15. The second kappa shape index (κ2) is 8.59. The Labute approximate surface area is 146 Å². The lowest BCUT2D eigenvalue weighted by molar-refractivity contribution is 0.301. The smallest absolute Gasteiger partial charge is 0.191 e. The maximum atomic E-state index is 6.07. The van der Waals surface area contributed by atoms with E-state index in [2.05, 4.69) is 14.9 Å². The van der Waals surface area contributed by atoms with Crippen LogP contribution in [-0.4, -0.2) is 40.4 Å². The van der Waals surface area contributed by atoms with Crippen molar-refractivity contribution in [2.75, 3.05) is 24.6 Å². The molecule has 0 unspecified atom stereocenters. The van der Waals surface area contributed by atoms with Crippen molar-refractivity contribution < 1.29 is 4.74 Å². The minimum Gasteiger partial charge on any atom is -0.487 e. The topological polar surface area (TPSA) is 63.7 Å². The van der Waals surface area contributed by atoms with Gasteiger partial charge in [0.1, 0.15) is 12.4 Å². The SMILES string of the molecule is NC(=NCc1ccc(OCc2ccccn2)cc1)N1CCSCC1.